The van der Waals surface area contributed by atoms with E-state index in [0.29, 0.717) is 14.5 Å². The van der Waals surface area contributed by atoms with Crippen molar-refractivity contribution in [2.45, 2.75) is 13.3 Å². The zero-order chi connectivity index (χ0) is 12.1. The van der Waals surface area contributed by atoms with Gasteiger partial charge >= 0.3 is 5.97 Å². The van der Waals surface area contributed by atoms with E-state index in [9.17, 15) is 9.59 Å². The van der Waals surface area contributed by atoms with E-state index in [1.54, 1.807) is 25.1 Å². The molecule has 0 saturated carbocycles. The largest absolute Gasteiger partial charge is 0.466 e. The number of ketones is 1. The summed E-state index contributed by atoms with van der Waals surface area (Å²) in [7, 11) is 0. The highest BCUT2D eigenvalue weighted by atomic mass is 79.9. The molecule has 0 fully saturated rings. The summed E-state index contributed by atoms with van der Waals surface area (Å²) in [6.07, 6.45) is -0.241. The van der Waals surface area contributed by atoms with Crippen molar-refractivity contribution in [2.75, 3.05) is 6.61 Å². The van der Waals surface area contributed by atoms with E-state index in [1.165, 1.54) is 0 Å². The molecule has 0 heterocycles. The summed E-state index contributed by atoms with van der Waals surface area (Å²) in [6, 6.07) is 5.31. The summed E-state index contributed by atoms with van der Waals surface area (Å²) in [6.45, 7) is 1.99. The van der Waals surface area contributed by atoms with Crippen molar-refractivity contribution in [3.05, 3.63) is 32.7 Å². The maximum Gasteiger partial charge on any atom is 0.313 e. The molecule has 1 aromatic rings. The van der Waals surface area contributed by atoms with Crippen LogP contribution in [0.15, 0.2) is 27.1 Å². The predicted octanol–water partition coefficient (Wildman–Crippen LogP) is 3.35. The van der Waals surface area contributed by atoms with Gasteiger partial charge in [0.05, 0.1) is 6.61 Å². The van der Waals surface area contributed by atoms with Gasteiger partial charge in [-0.25, -0.2) is 0 Å². The Kier molecular flexibility index (Phi) is 5.15. The van der Waals surface area contributed by atoms with Crippen LogP contribution in [0.4, 0.5) is 0 Å². The SMILES string of the molecule is CCOC(=O)CC(=O)c1c(Br)cccc1Br. The summed E-state index contributed by atoms with van der Waals surface area (Å²) < 4.78 is 6.05. The van der Waals surface area contributed by atoms with Crippen LogP contribution in [-0.2, 0) is 9.53 Å². The van der Waals surface area contributed by atoms with Crippen LogP contribution in [0.25, 0.3) is 0 Å². The van der Waals surface area contributed by atoms with Crippen LogP contribution < -0.4 is 0 Å². The van der Waals surface area contributed by atoms with Crippen molar-refractivity contribution < 1.29 is 14.3 Å². The van der Waals surface area contributed by atoms with E-state index >= 15 is 0 Å². The molecule has 0 amide bonds. The minimum absolute atomic E-state index is 0.241. The van der Waals surface area contributed by atoms with Crippen LogP contribution >= 0.6 is 31.9 Å². The zero-order valence-corrected chi connectivity index (χ0v) is 11.8. The predicted molar refractivity (Wildman–Crippen MR) is 67.4 cm³/mol. The molecule has 1 aromatic carbocycles. The third-order valence-electron chi connectivity index (χ3n) is 1.85. The molecule has 0 N–H and O–H groups in total. The fourth-order valence-corrected chi connectivity index (χ4v) is 2.64. The molecular formula is C11H10Br2O3. The Morgan fingerprint density at radius 1 is 1.25 bits per heavy atom. The number of ether oxygens (including phenoxy) is 1. The lowest BCUT2D eigenvalue weighted by molar-refractivity contribution is -0.141. The van der Waals surface area contributed by atoms with Gasteiger partial charge in [0.25, 0.3) is 0 Å². The molecule has 0 bridgehead atoms. The van der Waals surface area contributed by atoms with Gasteiger partial charge in [-0.1, -0.05) is 37.9 Å². The molecular weight excluding hydrogens is 340 g/mol. The van der Waals surface area contributed by atoms with Gasteiger partial charge in [0.1, 0.15) is 6.42 Å². The van der Waals surface area contributed by atoms with Gasteiger partial charge in [-0.2, -0.15) is 0 Å². The Morgan fingerprint density at radius 3 is 2.31 bits per heavy atom. The van der Waals surface area contributed by atoms with Crippen molar-refractivity contribution in [2.24, 2.45) is 0 Å². The Morgan fingerprint density at radius 2 is 1.81 bits per heavy atom. The molecule has 5 heteroatoms. The van der Waals surface area contributed by atoms with Crippen molar-refractivity contribution in [1.82, 2.24) is 0 Å². The number of halogens is 2. The summed E-state index contributed by atoms with van der Waals surface area (Å²) in [5.41, 5.74) is 0.468. The lowest BCUT2D eigenvalue weighted by Gasteiger charge is -2.05. The normalized spacial score (nSPS) is 9.94. The van der Waals surface area contributed by atoms with Gasteiger partial charge in [-0.15, -0.1) is 0 Å². The summed E-state index contributed by atoms with van der Waals surface area (Å²) in [4.78, 5) is 23.0. The molecule has 0 saturated heterocycles. The number of carbonyl (C=O) groups is 2. The number of esters is 1. The summed E-state index contributed by atoms with van der Waals surface area (Å²) in [5.74, 6) is -0.770. The van der Waals surface area contributed by atoms with Crippen LogP contribution in [0.5, 0.6) is 0 Å². The van der Waals surface area contributed by atoms with Crippen molar-refractivity contribution in [1.29, 1.82) is 0 Å². The lowest BCUT2D eigenvalue weighted by atomic mass is 10.1. The fourth-order valence-electron chi connectivity index (χ4n) is 1.20. The molecule has 0 aliphatic carbocycles. The Labute approximate surface area is 110 Å². The van der Waals surface area contributed by atoms with Gasteiger partial charge in [0.2, 0.25) is 0 Å². The number of hydrogen-bond donors (Lipinski definition) is 0. The monoisotopic (exact) mass is 348 g/mol. The molecule has 3 nitrogen and oxygen atoms in total. The maximum absolute atomic E-state index is 11.8. The standard InChI is InChI=1S/C11H10Br2O3/c1-2-16-10(15)6-9(14)11-7(12)4-3-5-8(11)13/h3-5H,2,6H2,1H3. The molecule has 0 aliphatic rings. The average Bonchev–Trinajstić information content (AvgIpc) is 2.17. The van der Waals surface area contributed by atoms with Crippen LogP contribution in [-0.4, -0.2) is 18.4 Å². The van der Waals surface area contributed by atoms with Crippen LogP contribution in [0.3, 0.4) is 0 Å². The van der Waals surface area contributed by atoms with E-state index in [2.05, 4.69) is 31.9 Å². The molecule has 1 rings (SSSR count). The number of carbonyl (C=O) groups excluding carboxylic acids is 2. The number of hydrogen-bond acceptors (Lipinski definition) is 3. The van der Waals surface area contributed by atoms with Crippen LogP contribution in [0.1, 0.15) is 23.7 Å². The van der Waals surface area contributed by atoms with Gasteiger partial charge in [-0.05, 0) is 19.1 Å². The van der Waals surface area contributed by atoms with Crippen molar-refractivity contribution in [3.63, 3.8) is 0 Å². The Hall–Kier alpha value is -0.680. The first-order valence-corrected chi connectivity index (χ1v) is 6.27. The molecule has 0 unspecified atom stereocenters. The molecule has 0 aliphatic heterocycles. The third kappa shape index (κ3) is 3.42. The van der Waals surface area contributed by atoms with E-state index in [0.717, 1.165) is 0 Å². The quantitative estimate of drug-likeness (QED) is 0.475. The van der Waals surface area contributed by atoms with Gasteiger partial charge in [0.15, 0.2) is 5.78 Å². The maximum atomic E-state index is 11.8. The molecule has 86 valence electrons. The Bertz CT molecular complexity index is 395. The minimum atomic E-state index is -0.504. The first kappa shape index (κ1) is 13.4. The highest BCUT2D eigenvalue weighted by molar-refractivity contribution is 9.11. The highest BCUT2D eigenvalue weighted by Gasteiger charge is 2.17. The van der Waals surface area contributed by atoms with Crippen LogP contribution in [0.2, 0.25) is 0 Å². The van der Waals surface area contributed by atoms with Gasteiger partial charge in [0, 0.05) is 14.5 Å². The topological polar surface area (TPSA) is 43.4 Å². The third-order valence-corrected chi connectivity index (χ3v) is 3.17. The van der Waals surface area contributed by atoms with Crippen LogP contribution in [0, 0.1) is 0 Å². The molecule has 0 spiro atoms. The van der Waals surface area contributed by atoms with E-state index in [4.69, 9.17) is 4.74 Å². The van der Waals surface area contributed by atoms with Gasteiger partial charge in [-0.3, -0.25) is 9.59 Å². The van der Waals surface area contributed by atoms with Crippen molar-refractivity contribution >= 4 is 43.6 Å². The summed E-state index contributed by atoms with van der Waals surface area (Å²) >= 11 is 6.55. The molecule has 0 radical (unpaired) electrons. The fraction of sp³-hybridized carbons (Fsp3) is 0.273. The first-order valence-electron chi connectivity index (χ1n) is 4.69. The average molecular weight is 350 g/mol. The van der Waals surface area contributed by atoms with Crippen molar-refractivity contribution in [3.8, 4) is 0 Å². The first-order chi connectivity index (χ1) is 7.56. The minimum Gasteiger partial charge on any atom is -0.466 e. The molecule has 0 aromatic heterocycles. The van der Waals surface area contributed by atoms with E-state index < -0.39 is 5.97 Å². The second-order valence-corrected chi connectivity index (χ2v) is 4.71. The second-order valence-electron chi connectivity index (χ2n) is 3.00. The zero-order valence-electron chi connectivity index (χ0n) is 8.63. The number of Topliss-reactive ketones (excluding diaryl/α,β-unsaturated/α-hetero) is 1. The molecule has 0 atom stereocenters. The number of benzene rings is 1. The van der Waals surface area contributed by atoms with E-state index in [-0.39, 0.29) is 18.8 Å². The smallest absolute Gasteiger partial charge is 0.313 e. The molecule has 16 heavy (non-hydrogen) atoms. The number of rotatable bonds is 4. The highest BCUT2D eigenvalue weighted by Crippen LogP contribution is 2.26. The lowest BCUT2D eigenvalue weighted by Crippen LogP contribution is -2.12. The Balaban J connectivity index is 2.85. The van der Waals surface area contributed by atoms with E-state index in [1.807, 2.05) is 0 Å². The second kappa shape index (κ2) is 6.15. The summed E-state index contributed by atoms with van der Waals surface area (Å²) in [5, 5.41) is 0. The van der Waals surface area contributed by atoms with Gasteiger partial charge < -0.3 is 4.74 Å².